The Morgan fingerprint density at radius 3 is 2.26 bits per heavy atom. The normalized spacial score (nSPS) is 16.0. The largest absolute Gasteiger partial charge is 0.357 e. The Labute approximate surface area is 183 Å². The van der Waals surface area contributed by atoms with Gasteiger partial charge in [0.15, 0.2) is 5.96 Å². The molecular formula is C21H38IN5. The molecule has 1 aromatic carbocycles. The molecule has 0 atom stereocenters. The smallest absolute Gasteiger partial charge is 0.191 e. The number of hydrogen-bond acceptors (Lipinski definition) is 3. The Kier molecular flexibility index (Phi) is 12.7. The zero-order valence-corrected chi connectivity index (χ0v) is 19.7. The number of nitrogens with one attached hydrogen (secondary N) is 2. The summed E-state index contributed by atoms with van der Waals surface area (Å²) in [6, 6.07) is 8.75. The molecule has 27 heavy (non-hydrogen) atoms. The summed E-state index contributed by atoms with van der Waals surface area (Å²) in [5.74, 6) is 0.923. The number of piperazine rings is 1. The highest BCUT2D eigenvalue weighted by Gasteiger charge is 2.16. The van der Waals surface area contributed by atoms with E-state index in [1.165, 1.54) is 37.1 Å². The molecule has 6 heteroatoms. The molecule has 0 unspecified atom stereocenters. The molecule has 1 heterocycles. The first-order valence-corrected chi connectivity index (χ1v) is 10.3. The molecule has 0 aliphatic carbocycles. The second kappa shape index (κ2) is 14.2. The first-order chi connectivity index (χ1) is 12.8. The van der Waals surface area contributed by atoms with E-state index < -0.39 is 0 Å². The molecule has 1 aliphatic rings. The van der Waals surface area contributed by atoms with Gasteiger partial charge in [0.2, 0.25) is 0 Å². The fourth-order valence-corrected chi connectivity index (χ4v) is 3.26. The van der Waals surface area contributed by atoms with Gasteiger partial charge in [0, 0.05) is 45.8 Å². The summed E-state index contributed by atoms with van der Waals surface area (Å²) < 4.78 is 0. The standard InChI is InChI=1S/C21H37N5.HI/c1-4-7-12-23-21(22-5-2)24-17-19-10-8-9-11-20(19)18-26-15-13-25(6-3)14-16-26;/h8-11H,4-7,12-18H2,1-3H3,(H2,22,23,24);1H. The number of halogens is 1. The van der Waals surface area contributed by atoms with Crippen LogP contribution in [-0.4, -0.2) is 61.6 Å². The molecular weight excluding hydrogens is 449 g/mol. The summed E-state index contributed by atoms with van der Waals surface area (Å²) in [7, 11) is 0. The molecule has 154 valence electrons. The van der Waals surface area contributed by atoms with Crippen molar-refractivity contribution in [1.82, 2.24) is 20.4 Å². The van der Waals surface area contributed by atoms with Crippen molar-refractivity contribution >= 4 is 29.9 Å². The van der Waals surface area contributed by atoms with Crippen LogP contribution >= 0.6 is 24.0 Å². The molecule has 5 nitrogen and oxygen atoms in total. The topological polar surface area (TPSA) is 42.9 Å². The molecule has 0 bridgehead atoms. The first-order valence-electron chi connectivity index (χ1n) is 10.3. The van der Waals surface area contributed by atoms with E-state index in [2.05, 4.69) is 65.5 Å². The molecule has 1 fully saturated rings. The van der Waals surface area contributed by atoms with Crippen LogP contribution in [0.15, 0.2) is 29.3 Å². The Morgan fingerprint density at radius 1 is 0.963 bits per heavy atom. The quantitative estimate of drug-likeness (QED) is 0.243. The van der Waals surface area contributed by atoms with E-state index in [9.17, 15) is 0 Å². The molecule has 0 spiro atoms. The Balaban J connectivity index is 0.00000364. The average Bonchev–Trinajstić information content (AvgIpc) is 2.68. The summed E-state index contributed by atoms with van der Waals surface area (Å²) in [5.41, 5.74) is 2.74. The highest BCUT2D eigenvalue weighted by molar-refractivity contribution is 14.0. The zero-order chi connectivity index (χ0) is 18.6. The first kappa shape index (κ1) is 24.2. The predicted molar refractivity (Wildman–Crippen MR) is 127 cm³/mol. The molecule has 0 amide bonds. The second-order valence-corrected chi connectivity index (χ2v) is 6.95. The van der Waals surface area contributed by atoms with E-state index in [0.717, 1.165) is 51.8 Å². The number of unbranched alkanes of at least 4 members (excludes halogenated alkanes) is 1. The van der Waals surface area contributed by atoms with E-state index in [4.69, 9.17) is 4.99 Å². The number of benzene rings is 1. The third-order valence-corrected chi connectivity index (χ3v) is 5.00. The Morgan fingerprint density at radius 2 is 1.63 bits per heavy atom. The van der Waals surface area contributed by atoms with Crippen LogP contribution in [0.3, 0.4) is 0 Å². The van der Waals surface area contributed by atoms with Gasteiger partial charge in [0.25, 0.3) is 0 Å². The zero-order valence-electron chi connectivity index (χ0n) is 17.3. The monoisotopic (exact) mass is 487 g/mol. The predicted octanol–water partition coefficient (Wildman–Crippen LogP) is 3.30. The molecule has 1 aromatic rings. The Hall–Kier alpha value is -0.860. The molecule has 2 rings (SSSR count). The van der Waals surface area contributed by atoms with Crippen molar-refractivity contribution in [2.75, 3.05) is 45.8 Å². The third kappa shape index (κ3) is 8.79. The summed E-state index contributed by atoms with van der Waals surface area (Å²) in [4.78, 5) is 9.90. The van der Waals surface area contributed by atoms with Crippen molar-refractivity contribution in [2.45, 2.75) is 46.7 Å². The van der Waals surface area contributed by atoms with Gasteiger partial charge in [-0.05, 0) is 31.0 Å². The van der Waals surface area contributed by atoms with Gasteiger partial charge in [-0.3, -0.25) is 4.90 Å². The molecule has 0 radical (unpaired) electrons. The van der Waals surface area contributed by atoms with Crippen molar-refractivity contribution in [3.8, 4) is 0 Å². The molecule has 1 saturated heterocycles. The van der Waals surface area contributed by atoms with Crippen LogP contribution in [0.1, 0.15) is 44.7 Å². The second-order valence-electron chi connectivity index (χ2n) is 6.95. The number of rotatable bonds is 9. The van der Waals surface area contributed by atoms with Gasteiger partial charge in [-0.2, -0.15) is 0 Å². The minimum Gasteiger partial charge on any atom is -0.357 e. The lowest BCUT2D eigenvalue weighted by molar-refractivity contribution is 0.131. The van der Waals surface area contributed by atoms with E-state index in [1.807, 2.05) is 0 Å². The molecule has 2 N–H and O–H groups in total. The fourth-order valence-electron chi connectivity index (χ4n) is 3.26. The highest BCUT2D eigenvalue weighted by Crippen LogP contribution is 2.14. The van der Waals surface area contributed by atoms with Crippen molar-refractivity contribution in [2.24, 2.45) is 4.99 Å². The fraction of sp³-hybridized carbons (Fsp3) is 0.667. The van der Waals surface area contributed by atoms with E-state index in [0.29, 0.717) is 0 Å². The van der Waals surface area contributed by atoms with Crippen LogP contribution in [0.4, 0.5) is 0 Å². The molecule has 0 aromatic heterocycles. The summed E-state index contributed by atoms with van der Waals surface area (Å²) in [6.07, 6.45) is 2.37. The number of nitrogens with zero attached hydrogens (tertiary/aromatic N) is 3. The van der Waals surface area contributed by atoms with Crippen LogP contribution in [0.5, 0.6) is 0 Å². The van der Waals surface area contributed by atoms with Crippen LogP contribution in [0.2, 0.25) is 0 Å². The molecule has 0 saturated carbocycles. The SMILES string of the molecule is CCCCNC(=NCc1ccccc1CN1CCN(CC)CC1)NCC.I. The number of hydrogen-bond donors (Lipinski definition) is 2. The lowest BCUT2D eigenvalue weighted by Gasteiger charge is -2.34. The van der Waals surface area contributed by atoms with Crippen molar-refractivity contribution < 1.29 is 0 Å². The van der Waals surface area contributed by atoms with E-state index in [-0.39, 0.29) is 24.0 Å². The minimum atomic E-state index is 0. The van der Waals surface area contributed by atoms with Gasteiger partial charge >= 0.3 is 0 Å². The maximum Gasteiger partial charge on any atom is 0.191 e. The minimum absolute atomic E-state index is 0. The van der Waals surface area contributed by atoms with Gasteiger partial charge in [-0.25, -0.2) is 4.99 Å². The van der Waals surface area contributed by atoms with Gasteiger partial charge in [-0.1, -0.05) is 44.5 Å². The number of aliphatic imine (C=N–C) groups is 1. The van der Waals surface area contributed by atoms with Crippen LogP contribution in [0.25, 0.3) is 0 Å². The van der Waals surface area contributed by atoms with Crippen molar-refractivity contribution in [3.05, 3.63) is 35.4 Å². The lowest BCUT2D eigenvalue weighted by Crippen LogP contribution is -2.45. The maximum atomic E-state index is 4.80. The van der Waals surface area contributed by atoms with Gasteiger partial charge in [0.05, 0.1) is 6.54 Å². The van der Waals surface area contributed by atoms with Gasteiger partial charge in [-0.15, -0.1) is 24.0 Å². The van der Waals surface area contributed by atoms with Crippen molar-refractivity contribution in [3.63, 3.8) is 0 Å². The van der Waals surface area contributed by atoms with Crippen molar-refractivity contribution in [1.29, 1.82) is 0 Å². The summed E-state index contributed by atoms with van der Waals surface area (Å²) in [6.45, 7) is 16.0. The van der Waals surface area contributed by atoms with Crippen LogP contribution in [0, 0.1) is 0 Å². The summed E-state index contributed by atoms with van der Waals surface area (Å²) in [5, 5.41) is 6.77. The Bertz CT molecular complexity index is 541. The number of guanidine groups is 1. The third-order valence-electron chi connectivity index (χ3n) is 5.00. The van der Waals surface area contributed by atoms with E-state index >= 15 is 0 Å². The molecule has 1 aliphatic heterocycles. The van der Waals surface area contributed by atoms with Crippen LogP contribution in [-0.2, 0) is 13.1 Å². The maximum absolute atomic E-state index is 4.80. The lowest BCUT2D eigenvalue weighted by atomic mass is 10.1. The number of likely N-dealkylation sites (N-methyl/N-ethyl adjacent to an activating group) is 1. The van der Waals surface area contributed by atoms with Crippen LogP contribution < -0.4 is 10.6 Å². The van der Waals surface area contributed by atoms with E-state index in [1.54, 1.807) is 0 Å². The van der Waals surface area contributed by atoms with Gasteiger partial charge in [0.1, 0.15) is 0 Å². The highest BCUT2D eigenvalue weighted by atomic mass is 127. The van der Waals surface area contributed by atoms with Gasteiger partial charge < -0.3 is 15.5 Å². The summed E-state index contributed by atoms with van der Waals surface area (Å²) >= 11 is 0. The average molecular weight is 487 g/mol.